The molecule has 3 N–H and O–H groups in total. The Hall–Kier alpha value is -2.90. The van der Waals surface area contributed by atoms with Crippen LogP contribution in [0.2, 0.25) is 0 Å². The zero-order valence-electron chi connectivity index (χ0n) is 11.3. The minimum Gasteiger partial charge on any atom is -0.508 e. The number of phenols is 1. The van der Waals surface area contributed by atoms with Crippen LogP contribution in [0, 0.1) is 10.1 Å². The molecule has 0 bridgehead atoms. The number of carbonyl (C=O) groups excluding carboxylic acids is 2. The van der Waals surface area contributed by atoms with Gasteiger partial charge in [-0.25, -0.2) is 4.79 Å². The van der Waals surface area contributed by atoms with Crippen molar-refractivity contribution in [2.75, 3.05) is 0 Å². The first-order valence-electron chi connectivity index (χ1n) is 6.07. The second-order valence-electron chi connectivity index (χ2n) is 4.63. The molecule has 0 spiro atoms. The number of hydrogen-bond acceptors (Lipinski definition) is 5. The van der Waals surface area contributed by atoms with E-state index in [-0.39, 0.29) is 28.4 Å². The molecular weight excluding hydrogens is 278 g/mol. The summed E-state index contributed by atoms with van der Waals surface area (Å²) in [6, 6.07) is 1.96. The number of nitrogens with zero attached hydrogens (tertiary/aromatic N) is 1. The molecule has 1 aromatic carbocycles. The van der Waals surface area contributed by atoms with Crippen molar-refractivity contribution in [2.45, 2.75) is 19.9 Å². The lowest BCUT2D eigenvalue weighted by molar-refractivity contribution is -0.385. The van der Waals surface area contributed by atoms with Gasteiger partial charge in [-0.2, -0.15) is 0 Å². The third-order valence-electron chi connectivity index (χ3n) is 3.18. The molecule has 1 aliphatic rings. The number of benzene rings is 1. The van der Waals surface area contributed by atoms with Gasteiger partial charge in [-0.1, -0.05) is 0 Å². The number of nitrogens with one attached hydrogen (secondary N) is 2. The first-order chi connectivity index (χ1) is 9.81. The Morgan fingerprint density at radius 1 is 1.43 bits per heavy atom. The van der Waals surface area contributed by atoms with Gasteiger partial charge in [0.15, 0.2) is 5.78 Å². The van der Waals surface area contributed by atoms with Crippen molar-refractivity contribution in [3.63, 3.8) is 0 Å². The number of carbonyl (C=O) groups is 2. The van der Waals surface area contributed by atoms with Crippen LogP contribution >= 0.6 is 0 Å². The number of ketones is 1. The molecule has 2 rings (SSSR count). The minimum atomic E-state index is -0.934. The van der Waals surface area contributed by atoms with Crippen LogP contribution in [0.4, 0.5) is 10.5 Å². The molecule has 1 heterocycles. The largest absolute Gasteiger partial charge is 0.508 e. The van der Waals surface area contributed by atoms with E-state index >= 15 is 0 Å². The van der Waals surface area contributed by atoms with Crippen LogP contribution in [0.5, 0.6) is 5.75 Å². The number of Topliss-reactive ketones (excluding diaryl/α,β-unsaturated/α-hetero) is 1. The number of aromatic hydroxyl groups is 1. The molecule has 1 atom stereocenters. The molecule has 2 amide bonds. The summed E-state index contributed by atoms with van der Waals surface area (Å²) in [6.45, 7) is 2.87. The van der Waals surface area contributed by atoms with E-state index in [4.69, 9.17) is 0 Å². The smallest absolute Gasteiger partial charge is 0.319 e. The third kappa shape index (κ3) is 2.69. The van der Waals surface area contributed by atoms with Gasteiger partial charge >= 0.3 is 6.03 Å². The van der Waals surface area contributed by atoms with Gasteiger partial charge in [0.05, 0.1) is 11.0 Å². The van der Waals surface area contributed by atoms with Gasteiger partial charge in [0.25, 0.3) is 5.69 Å². The van der Waals surface area contributed by atoms with Crippen molar-refractivity contribution >= 4 is 17.5 Å². The van der Waals surface area contributed by atoms with Gasteiger partial charge in [-0.05, 0) is 19.9 Å². The van der Waals surface area contributed by atoms with E-state index in [9.17, 15) is 24.8 Å². The van der Waals surface area contributed by atoms with Crippen LogP contribution in [-0.4, -0.2) is 21.8 Å². The summed E-state index contributed by atoms with van der Waals surface area (Å²) in [5.74, 6) is -0.546. The number of nitro benzene ring substituents is 1. The molecule has 0 aliphatic carbocycles. The summed E-state index contributed by atoms with van der Waals surface area (Å²) in [7, 11) is 0. The Morgan fingerprint density at radius 3 is 2.67 bits per heavy atom. The number of phenolic OH excluding ortho intramolecular Hbond substituents is 1. The van der Waals surface area contributed by atoms with E-state index in [0.717, 1.165) is 18.2 Å². The number of rotatable bonds is 3. The van der Waals surface area contributed by atoms with Gasteiger partial charge in [0.1, 0.15) is 5.75 Å². The van der Waals surface area contributed by atoms with E-state index in [1.54, 1.807) is 6.92 Å². The van der Waals surface area contributed by atoms with Crippen molar-refractivity contribution < 1.29 is 19.6 Å². The minimum absolute atomic E-state index is 0.101. The molecule has 0 fully saturated rings. The van der Waals surface area contributed by atoms with Crippen molar-refractivity contribution in [1.29, 1.82) is 0 Å². The van der Waals surface area contributed by atoms with E-state index in [1.807, 2.05) is 0 Å². The maximum absolute atomic E-state index is 11.8. The number of urea groups is 1. The van der Waals surface area contributed by atoms with Crippen LogP contribution < -0.4 is 10.6 Å². The van der Waals surface area contributed by atoms with Crippen LogP contribution in [0.15, 0.2) is 29.5 Å². The number of amides is 2. The first-order valence-corrected chi connectivity index (χ1v) is 6.07. The SMILES string of the molecule is CC(=O)C1=C(C)NC(=O)N[C@H]1c1cc([N+](=O)[O-])ccc1O. The highest BCUT2D eigenvalue weighted by molar-refractivity contribution is 5.98. The molecule has 0 unspecified atom stereocenters. The third-order valence-corrected chi connectivity index (χ3v) is 3.18. The van der Waals surface area contributed by atoms with Crippen molar-refractivity contribution in [1.82, 2.24) is 10.6 Å². The number of allylic oxidation sites excluding steroid dienone is 1. The topological polar surface area (TPSA) is 122 Å². The standard InChI is InChI=1S/C13H13N3O5/c1-6-11(7(2)17)12(15-13(19)14-6)9-5-8(16(20)21)3-4-10(9)18/h3-5,12,18H,1-2H3,(H2,14,15,19)/t12-/m0/s1. The summed E-state index contributed by atoms with van der Waals surface area (Å²) in [5, 5.41) is 25.7. The molecule has 0 radical (unpaired) electrons. The van der Waals surface area contributed by atoms with Gasteiger partial charge in [-0.15, -0.1) is 0 Å². The average Bonchev–Trinajstić information content (AvgIpc) is 2.37. The van der Waals surface area contributed by atoms with Gasteiger partial charge in [0, 0.05) is 29.0 Å². The Kier molecular flexibility index (Phi) is 3.62. The highest BCUT2D eigenvalue weighted by Gasteiger charge is 2.31. The van der Waals surface area contributed by atoms with Gasteiger partial charge in [-0.3, -0.25) is 14.9 Å². The molecular formula is C13H13N3O5. The van der Waals surface area contributed by atoms with E-state index < -0.39 is 17.0 Å². The lowest BCUT2D eigenvalue weighted by atomic mass is 9.92. The Labute approximate surface area is 119 Å². The van der Waals surface area contributed by atoms with Crippen LogP contribution in [0.25, 0.3) is 0 Å². The summed E-state index contributed by atoms with van der Waals surface area (Å²) < 4.78 is 0. The fourth-order valence-electron chi connectivity index (χ4n) is 2.28. The van der Waals surface area contributed by atoms with Crippen molar-refractivity contribution in [2.24, 2.45) is 0 Å². The maximum Gasteiger partial charge on any atom is 0.319 e. The normalized spacial score (nSPS) is 18.0. The number of nitro groups is 1. The monoisotopic (exact) mass is 291 g/mol. The molecule has 0 saturated heterocycles. The fourth-order valence-corrected chi connectivity index (χ4v) is 2.28. The van der Waals surface area contributed by atoms with Crippen LogP contribution in [-0.2, 0) is 4.79 Å². The van der Waals surface area contributed by atoms with Gasteiger partial charge < -0.3 is 15.7 Å². The van der Waals surface area contributed by atoms with E-state index in [1.165, 1.54) is 6.92 Å². The second-order valence-corrected chi connectivity index (χ2v) is 4.63. The van der Waals surface area contributed by atoms with E-state index in [2.05, 4.69) is 10.6 Å². The zero-order valence-corrected chi connectivity index (χ0v) is 11.3. The summed E-state index contributed by atoms with van der Waals surface area (Å²) in [6.07, 6.45) is 0. The summed E-state index contributed by atoms with van der Waals surface area (Å²) in [5.41, 5.74) is 0.451. The van der Waals surface area contributed by atoms with E-state index in [0.29, 0.717) is 5.70 Å². The highest BCUT2D eigenvalue weighted by Crippen LogP contribution is 2.34. The van der Waals surface area contributed by atoms with Gasteiger partial charge in [0.2, 0.25) is 0 Å². The van der Waals surface area contributed by atoms with Crippen molar-refractivity contribution in [3.8, 4) is 5.75 Å². The molecule has 110 valence electrons. The molecule has 8 nitrogen and oxygen atoms in total. The fraction of sp³-hybridized carbons (Fsp3) is 0.231. The summed E-state index contributed by atoms with van der Waals surface area (Å²) >= 11 is 0. The number of non-ortho nitro benzene ring substituents is 1. The molecule has 1 aliphatic heterocycles. The Balaban J connectivity index is 2.60. The molecule has 21 heavy (non-hydrogen) atoms. The molecule has 1 aromatic rings. The highest BCUT2D eigenvalue weighted by atomic mass is 16.6. The number of hydrogen-bond donors (Lipinski definition) is 3. The van der Waals surface area contributed by atoms with Crippen molar-refractivity contribution in [3.05, 3.63) is 45.1 Å². The lowest BCUT2D eigenvalue weighted by Crippen LogP contribution is -2.44. The molecule has 0 saturated carbocycles. The Morgan fingerprint density at radius 2 is 2.10 bits per heavy atom. The average molecular weight is 291 g/mol. The zero-order chi connectivity index (χ0) is 15.7. The molecule has 0 aromatic heterocycles. The first kappa shape index (κ1) is 14.5. The maximum atomic E-state index is 11.8. The Bertz CT molecular complexity index is 680. The van der Waals surface area contributed by atoms with Crippen LogP contribution in [0.3, 0.4) is 0 Å². The lowest BCUT2D eigenvalue weighted by Gasteiger charge is -2.28. The quantitative estimate of drug-likeness (QED) is 0.575. The second kappa shape index (κ2) is 5.23. The predicted octanol–water partition coefficient (Wildman–Crippen LogP) is 1.52. The molecule has 8 heteroatoms. The van der Waals surface area contributed by atoms with Crippen LogP contribution in [0.1, 0.15) is 25.5 Å². The summed E-state index contributed by atoms with van der Waals surface area (Å²) in [4.78, 5) is 33.6. The predicted molar refractivity (Wildman–Crippen MR) is 72.6 cm³/mol.